The van der Waals surface area contributed by atoms with Crippen LogP contribution in [0.15, 0.2) is 48.5 Å². The number of aliphatic hydroxyl groups is 4. The summed E-state index contributed by atoms with van der Waals surface area (Å²) in [5.41, 5.74) is 8.61. The topological polar surface area (TPSA) is 270 Å². The number of carbonyl (C=O) groups excluding carboxylic acids is 6. The number of quaternary nitrogens is 5. The maximum Gasteiger partial charge on any atom is 0.311 e. The van der Waals surface area contributed by atoms with Gasteiger partial charge >= 0.3 is 11.9 Å². The van der Waals surface area contributed by atoms with Crippen LogP contribution in [0.2, 0.25) is 0 Å². The first-order chi connectivity index (χ1) is 44.8. The normalized spacial score (nSPS) is 10.4. The summed E-state index contributed by atoms with van der Waals surface area (Å²) in [7, 11) is 18.5. The Labute approximate surface area is 936 Å². The molecular weight excluding hydrogens is 2240 g/mol. The molecule has 2 rings (SSSR count). The first kappa shape index (κ1) is 225. The standard InChI is InChI=1S/C41H76N4O6.C30H53N4O8.C2H6.3CH4.28ClH/c1-11-13-14-16-31-51-35(4)40(48)25-29-45(10,28-24-39(47)34(3)19-15-17-30-50-12-2)33-38(46)32-44(8,9)27-18-26-42-41(49)36-20-22-37(23-21-36)43(5,6)7;1-33(2,16-8-15-32-30(40)25-9-11-26(31)12-10-25)23-27(37)24-34(3,17-13-28(38)41-21-6-4-19-35)18-14-29(39)42-22-7-5-20-36;1-2;;;;;;;;;;;;;;;;;;;;;;;;;;;;;;;/h20-23,34-35,38,46H,11-19,24-33H2,1-10H3;9-12,27,35-37H,4-8,13-24H2,1-3H3,(H2-,31,32,40);1-2H3;3*1H4;28*1H/q+2;+1;;;;;;;;;;;;;;;;;;;;;;;;;;;;;;;;/p-26. The van der Waals surface area contributed by atoms with Crippen molar-refractivity contribution >= 4 is 46.7 Å². The van der Waals surface area contributed by atoms with E-state index in [2.05, 4.69) is 59.8 Å². The minimum absolute atomic E-state index is 0. The molecule has 22 nitrogen and oxygen atoms in total. The van der Waals surface area contributed by atoms with Gasteiger partial charge in [0.05, 0.1) is 142 Å². The van der Waals surface area contributed by atoms with Gasteiger partial charge in [-0.25, -0.2) is 0 Å². The Bertz CT molecular complexity index is 2420. The molecule has 0 saturated heterocycles. The predicted molar refractivity (Wildman–Crippen MR) is 402 cm³/mol. The molecule has 5 atom stereocenters. The Morgan fingerprint density at radius 3 is 1.03 bits per heavy atom. The quantitative estimate of drug-likeness (QED) is 0.0140. The lowest BCUT2D eigenvalue weighted by molar-refractivity contribution is -0.925. The number of nitrogen functional groups attached to an aromatic ring is 1. The van der Waals surface area contributed by atoms with Crippen LogP contribution < -0.4 is 368 Å². The second-order valence-electron chi connectivity index (χ2n) is 28.3. The van der Waals surface area contributed by atoms with Crippen molar-refractivity contribution in [3.05, 3.63) is 59.7 Å². The Morgan fingerprint density at radius 1 is 0.389 bits per heavy atom. The van der Waals surface area contributed by atoms with Gasteiger partial charge in [0, 0.05) is 81.7 Å². The molecule has 0 aliphatic carbocycles. The zero-order valence-corrected chi connectivity index (χ0v) is 93.8. The van der Waals surface area contributed by atoms with E-state index in [-0.39, 0.29) is 455 Å². The summed E-state index contributed by atoms with van der Waals surface area (Å²) in [6.45, 7) is 20.9. The Morgan fingerprint density at radius 2 is 0.706 bits per heavy atom. The zero-order chi connectivity index (χ0) is 71.9. The molecule has 0 aliphatic heterocycles. The van der Waals surface area contributed by atoms with Gasteiger partial charge in [-0.1, -0.05) is 75.7 Å². The number of aliphatic hydroxyl groups excluding tert-OH is 4. The highest BCUT2D eigenvalue weighted by Crippen LogP contribution is 2.20. The van der Waals surface area contributed by atoms with Crippen LogP contribution in [0.3, 0.4) is 0 Å². The van der Waals surface area contributed by atoms with Crippen molar-refractivity contribution in [3.8, 4) is 0 Å². The molecule has 0 bridgehead atoms. The molecule has 0 heterocycles. The maximum atomic E-state index is 13.2. The fraction of sp³-hybridized carbons (Fsp3) is 0.763. The smallest absolute Gasteiger partial charge is 0.311 e. The molecule has 8 N–H and O–H groups in total. The molecule has 0 radical (unpaired) electrons. The van der Waals surface area contributed by atoms with E-state index in [9.17, 15) is 39.0 Å². The lowest BCUT2D eigenvalue weighted by atomic mass is 9.97. The van der Waals surface area contributed by atoms with Gasteiger partial charge in [0.2, 0.25) is 0 Å². The van der Waals surface area contributed by atoms with Gasteiger partial charge in [0.15, 0.2) is 18.0 Å². The first-order valence-corrected chi connectivity index (χ1v) is 35.6. The molecule has 0 spiro atoms. The van der Waals surface area contributed by atoms with Crippen LogP contribution in [0.25, 0.3) is 0 Å². The van der Waals surface area contributed by atoms with E-state index in [0.717, 1.165) is 76.8 Å². The third kappa shape index (κ3) is 118. The number of halogens is 28. The van der Waals surface area contributed by atoms with Crippen molar-refractivity contribution in [3.63, 3.8) is 0 Å². The summed E-state index contributed by atoms with van der Waals surface area (Å²) in [5, 5.41) is 46.2. The minimum atomic E-state index is -0.699. The van der Waals surface area contributed by atoms with Crippen LogP contribution in [-0.4, -0.2) is 280 Å². The Kier molecular flexibility index (Phi) is 236. The number of hydrogen-bond acceptors (Lipinski definition) is 15. The highest BCUT2D eigenvalue weighted by Gasteiger charge is 2.34. The number of benzene rings is 2. The number of nitrogens with zero attached hydrogens (tertiary/aromatic N) is 5. The third-order valence-electron chi connectivity index (χ3n) is 17.1. The van der Waals surface area contributed by atoms with Gasteiger partial charge in [-0.15, -0.1) is 0 Å². The van der Waals surface area contributed by atoms with Gasteiger partial charge in [-0.3, -0.25) is 33.3 Å². The molecule has 2 aromatic carbocycles. The van der Waals surface area contributed by atoms with Gasteiger partial charge in [0.1, 0.15) is 43.8 Å². The monoisotopic (exact) mass is 2380 g/mol. The molecule has 2 aromatic rings. The number of unbranched alkanes of at least 4 members (excludes halogenated alkanes) is 6. The molecular formula is C76H149Cl28N8O14-23. The molecule has 0 saturated carbocycles. The SMILES string of the molecule is C.C.C.CC.CCCCCCOC(C)C(=O)CC[N+](C)(CCC(=O)C(C)CCCCOCC)CC(O)C[N+](C)(C)CCCNC(=O)c1ccc([N+](C)(C)C)cc1.C[N+](C)(CCCNC(=O)c1ccc(N)cc1)CC(O)C[N+](C)(CCC(=O)OCCCCO)CCC(=O)OCCCCO.[Cl-].[Cl-].[Cl-].[Cl-].[Cl-].[Cl-].[Cl-].[Cl-].[Cl-].[Cl-].[Cl-].[Cl-].[Cl-].[Cl-].[Cl-].[Cl-].[Cl-].[Cl-].[Cl-].[Cl-].[Cl-].[Cl-].[Cl-].[Cl-].[Cl-].[Cl-].[Cl-].[Cl-]. The zero-order valence-electron chi connectivity index (χ0n) is 72.7. The summed E-state index contributed by atoms with van der Waals surface area (Å²) in [5.74, 6) is -0.658. The van der Waals surface area contributed by atoms with E-state index in [1.54, 1.807) is 24.3 Å². The highest BCUT2D eigenvalue weighted by atomic mass is 35.5. The van der Waals surface area contributed by atoms with Crippen LogP contribution in [-0.2, 0) is 38.1 Å². The minimum Gasteiger partial charge on any atom is -1.00 e. The average molecular weight is 2390 g/mol. The Hall–Kier alpha value is 3.14. The highest BCUT2D eigenvalue weighted by molar-refractivity contribution is 5.95. The van der Waals surface area contributed by atoms with Crippen LogP contribution in [0.5, 0.6) is 0 Å². The number of amides is 2. The van der Waals surface area contributed by atoms with Gasteiger partial charge in [0.25, 0.3) is 11.8 Å². The van der Waals surface area contributed by atoms with E-state index in [1.165, 1.54) is 6.42 Å². The number of ketones is 2. The fourth-order valence-electron chi connectivity index (χ4n) is 11.1. The van der Waals surface area contributed by atoms with Crippen LogP contribution in [0.1, 0.15) is 194 Å². The Balaban J connectivity index is -0.0000000372. The number of anilines is 1. The molecule has 5 unspecified atom stereocenters. The van der Waals surface area contributed by atoms with Crippen molar-refractivity contribution in [1.29, 1.82) is 0 Å². The van der Waals surface area contributed by atoms with Crippen LogP contribution in [0, 0.1) is 5.92 Å². The van der Waals surface area contributed by atoms with Gasteiger partial charge < -0.3 is 421 Å². The number of rotatable bonds is 53. The van der Waals surface area contributed by atoms with Gasteiger partial charge in [-0.2, -0.15) is 0 Å². The first-order valence-electron chi connectivity index (χ1n) is 35.6. The van der Waals surface area contributed by atoms with E-state index < -0.39 is 18.3 Å². The average Bonchev–Trinajstić information content (AvgIpc) is 0.859. The largest absolute Gasteiger partial charge is 1.00 e. The lowest BCUT2D eigenvalue weighted by Gasteiger charge is -2.39. The molecule has 50 heteroatoms. The summed E-state index contributed by atoms with van der Waals surface area (Å²) in [6, 6.07) is 14.5. The second-order valence-corrected chi connectivity index (χ2v) is 28.3. The molecule has 0 aliphatic rings. The summed E-state index contributed by atoms with van der Waals surface area (Å²) < 4.78 is 24.4. The molecule has 126 heavy (non-hydrogen) atoms. The number of likely N-dealkylation sites (N-methyl/N-ethyl adjacent to an activating group) is 4. The third-order valence-corrected chi connectivity index (χ3v) is 17.1. The summed E-state index contributed by atoms with van der Waals surface area (Å²) in [4.78, 5) is 75.9. The van der Waals surface area contributed by atoms with Crippen molar-refractivity contribution in [1.82, 2.24) is 15.1 Å². The summed E-state index contributed by atoms with van der Waals surface area (Å²) >= 11 is 0. The molecule has 0 fully saturated rings. The number of esters is 2. The van der Waals surface area contributed by atoms with Crippen LogP contribution in [0.4, 0.5) is 11.4 Å². The number of Topliss-reactive ketones (excluding diaryl/α,β-unsaturated/α-hetero) is 2. The van der Waals surface area contributed by atoms with E-state index in [4.69, 9.17) is 34.9 Å². The number of hydrogen-bond donors (Lipinski definition) is 7. The maximum absolute atomic E-state index is 13.2. The van der Waals surface area contributed by atoms with Crippen molar-refractivity contribution in [2.45, 2.75) is 191 Å². The number of carbonyl (C=O) groups is 6. The molecule has 2 amide bonds. The van der Waals surface area contributed by atoms with E-state index in [1.807, 2.05) is 80.0 Å². The van der Waals surface area contributed by atoms with Crippen molar-refractivity contribution in [2.75, 3.05) is 194 Å². The van der Waals surface area contributed by atoms with E-state index >= 15 is 0 Å². The number of nitrogens with two attached hydrogens (primary N) is 1. The number of nitrogens with one attached hydrogen (secondary N) is 2. The van der Waals surface area contributed by atoms with Crippen LogP contribution >= 0.6 is 0 Å². The molecule has 0 aromatic heterocycles. The lowest BCUT2D eigenvalue weighted by Crippen LogP contribution is -3.00. The molecule has 796 valence electrons. The fourth-order valence-corrected chi connectivity index (χ4v) is 11.1. The predicted octanol–water partition coefficient (Wildman–Crippen LogP) is -74.6. The second kappa shape index (κ2) is 132. The van der Waals surface area contributed by atoms with Crippen molar-refractivity contribution < 1.29 is 433 Å². The number of ether oxygens (including phenoxy) is 4. The summed E-state index contributed by atoms with van der Waals surface area (Å²) in [6.07, 6.45) is 10.2. The van der Waals surface area contributed by atoms with Gasteiger partial charge in [-0.05, 0) is 107 Å². The van der Waals surface area contributed by atoms with Crippen molar-refractivity contribution in [2.24, 2.45) is 5.92 Å². The van der Waals surface area contributed by atoms with E-state index in [0.29, 0.717) is 152 Å².